The van der Waals surface area contributed by atoms with Crippen LogP contribution in [0.1, 0.15) is 5.69 Å². The molecular weight excluding hydrogens is 264 g/mol. The summed E-state index contributed by atoms with van der Waals surface area (Å²) in [6.45, 7) is 0. The third-order valence-corrected chi connectivity index (χ3v) is 3.27. The number of para-hydroxylation sites is 1. The minimum atomic E-state index is -0.0740. The molecule has 0 fully saturated rings. The largest absolute Gasteiger partial charge is 0.354 e. The smallest absolute Gasteiger partial charge is 0.231 e. The molecule has 1 aromatic carbocycles. The second-order valence-electron chi connectivity index (χ2n) is 4.82. The lowest BCUT2D eigenvalue weighted by Crippen LogP contribution is -2.16. The van der Waals surface area contributed by atoms with Gasteiger partial charge in [0, 0.05) is 31.2 Å². The first-order valence-electron chi connectivity index (χ1n) is 6.73. The zero-order valence-corrected chi connectivity index (χ0v) is 11.7. The van der Waals surface area contributed by atoms with Crippen LogP contribution in [0.5, 0.6) is 0 Å². The van der Waals surface area contributed by atoms with Gasteiger partial charge in [0.05, 0.1) is 12.1 Å². The molecule has 5 nitrogen and oxygen atoms in total. The van der Waals surface area contributed by atoms with Gasteiger partial charge in [-0.15, -0.1) is 0 Å². The molecule has 0 bridgehead atoms. The van der Waals surface area contributed by atoms with Crippen molar-refractivity contribution in [2.24, 2.45) is 7.05 Å². The number of amides is 1. The van der Waals surface area contributed by atoms with Gasteiger partial charge in [-0.1, -0.05) is 18.2 Å². The van der Waals surface area contributed by atoms with Crippen molar-refractivity contribution in [1.29, 1.82) is 0 Å². The summed E-state index contributed by atoms with van der Waals surface area (Å²) in [5.74, 6) is 0.480. The SMILES string of the molecule is Cn1cccc1CC(=O)Nc1ccn(-c2ccccc2)n1. The van der Waals surface area contributed by atoms with E-state index in [1.54, 1.807) is 10.7 Å². The maximum Gasteiger partial charge on any atom is 0.231 e. The van der Waals surface area contributed by atoms with Crippen molar-refractivity contribution < 1.29 is 4.79 Å². The predicted octanol–water partition coefficient (Wildman–Crippen LogP) is 2.39. The topological polar surface area (TPSA) is 51.9 Å². The van der Waals surface area contributed by atoms with Crippen LogP contribution in [0.15, 0.2) is 60.9 Å². The number of carbonyl (C=O) groups excluding carboxylic acids is 1. The Hall–Kier alpha value is -2.82. The highest BCUT2D eigenvalue weighted by Gasteiger charge is 2.08. The highest BCUT2D eigenvalue weighted by molar-refractivity contribution is 5.91. The lowest BCUT2D eigenvalue weighted by Gasteiger charge is -2.04. The van der Waals surface area contributed by atoms with Crippen LogP contribution in [0, 0.1) is 0 Å². The maximum absolute atomic E-state index is 12.0. The quantitative estimate of drug-likeness (QED) is 0.797. The van der Waals surface area contributed by atoms with Crippen molar-refractivity contribution in [3.63, 3.8) is 0 Å². The standard InChI is InChI=1S/C16H16N4O/c1-19-10-5-8-14(19)12-16(21)17-15-9-11-20(18-15)13-6-3-2-4-7-13/h2-11H,12H2,1H3,(H,17,18,21). The summed E-state index contributed by atoms with van der Waals surface area (Å²) in [6, 6.07) is 15.4. The lowest BCUT2D eigenvalue weighted by atomic mass is 10.3. The lowest BCUT2D eigenvalue weighted by molar-refractivity contribution is -0.115. The van der Waals surface area contributed by atoms with E-state index in [1.807, 2.05) is 66.5 Å². The average Bonchev–Trinajstić information content (AvgIpc) is 3.10. The van der Waals surface area contributed by atoms with Gasteiger partial charge in [0.2, 0.25) is 5.91 Å². The first-order chi connectivity index (χ1) is 10.2. The normalized spacial score (nSPS) is 10.5. The van der Waals surface area contributed by atoms with Gasteiger partial charge in [-0.2, -0.15) is 5.10 Å². The second-order valence-corrected chi connectivity index (χ2v) is 4.82. The third kappa shape index (κ3) is 3.02. The van der Waals surface area contributed by atoms with Gasteiger partial charge in [0.15, 0.2) is 5.82 Å². The monoisotopic (exact) mass is 280 g/mol. The van der Waals surface area contributed by atoms with Crippen molar-refractivity contribution in [3.8, 4) is 5.69 Å². The van der Waals surface area contributed by atoms with Crippen molar-refractivity contribution in [1.82, 2.24) is 14.3 Å². The molecule has 0 spiro atoms. The first kappa shape index (κ1) is 13.2. The predicted molar refractivity (Wildman–Crippen MR) is 81.3 cm³/mol. The summed E-state index contributed by atoms with van der Waals surface area (Å²) >= 11 is 0. The number of hydrogen-bond donors (Lipinski definition) is 1. The Bertz CT molecular complexity index is 742. The molecule has 1 amide bonds. The number of rotatable bonds is 4. The fraction of sp³-hybridized carbons (Fsp3) is 0.125. The van der Waals surface area contributed by atoms with Crippen LogP contribution in [0.25, 0.3) is 5.69 Å². The van der Waals surface area contributed by atoms with Crippen LogP contribution in [-0.4, -0.2) is 20.3 Å². The number of nitrogens with one attached hydrogen (secondary N) is 1. The molecule has 3 aromatic rings. The molecule has 0 atom stereocenters. The van der Waals surface area contributed by atoms with Gasteiger partial charge < -0.3 is 9.88 Å². The summed E-state index contributed by atoms with van der Waals surface area (Å²) < 4.78 is 3.67. The zero-order chi connectivity index (χ0) is 14.7. The van der Waals surface area contributed by atoms with Crippen molar-refractivity contribution in [3.05, 3.63) is 66.6 Å². The van der Waals surface area contributed by atoms with E-state index in [4.69, 9.17) is 0 Å². The molecular formula is C16H16N4O. The van der Waals surface area contributed by atoms with E-state index >= 15 is 0 Å². The number of benzene rings is 1. The van der Waals surface area contributed by atoms with Crippen molar-refractivity contribution >= 4 is 11.7 Å². The van der Waals surface area contributed by atoms with Crippen molar-refractivity contribution in [2.45, 2.75) is 6.42 Å². The van der Waals surface area contributed by atoms with E-state index in [0.29, 0.717) is 12.2 Å². The number of aryl methyl sites for hydroxylation is 1. The van der Waals surface area contributed by atoms with Crippen LogP contribution in [0.4, 0.5) is 5.82 Å². The molecule has 21 heavy (non-hydrogen) atoms. The molecule has 1 N–H and O–H groups in total. The molecule has 0 saturated heterocycles. The first-order valence-corrected chi connectivity index (χ1v) is 6.73. The van der Waals surface area contributed by atoms with Gasteiger partial charge in [-0.3, -0.25) is 4.79 Å². The Morgan fingerprint density at radius 3 is 2.62 bits per heavy atom. The minimum Gasteiger partial charge on any atom is -0.354 e. The van der Waals surface area contributed by atoms with Gasteiger partial charge in [-0.25, -0.2) is 4.68 Å². The van der Waals surface area contributed by atoms with E-state index in [9.17, 15) is 4.79 Å². The molecule has 0 radical (unpaired) electrons. The maximum atomic E-state index is 12.0. The summed E-state index contributed by atoms with van der Waals surface area (Å²) in [5, 5.41) is 7.16. The molecule has 2 aromatic heterocycles. The number of nitrogens with zero attached hydrogens (tertiary/aromatic N) is 3. The Labute approximate surface area is 122 Å². The third-order valence-electron chi connectivity index (χ3n) is 3.27. The highest BCUT2D eigenvalue weighted by Crippen LogP contribution is 2.10. The molecule has 0 unspecified atom stereocenters. The van der Waals surface area contributed by atoms with E-state index in [0.717, 1.165) is 11.4 Å². The number of carbonyl (C=O) groups is 1. The van der Waals surface area contributed by atoms with Crippen LogP contribution in [0.2, 0.25) is 0 Å². The molecule has 3 rings (SSSR count). The Morgan fingerprint density at radius 1 is 1.10 bits per heavy atom. The molecule has 106 valence electrons. The van der Waals surface area contributed by atoms with Crippen molar-refractivity contribution in [2.75, 3.05) is 5.32 Å². The number of hydrogen-bond acceptors (Lipinski definition) is 2. The Kier molecular flexibility index (Phi) is 3.55. The average molecular weight is 280 g/mol. The molecule has 0 aliphatic heterocycles. The minimum absolute atomic E-state index is 0.0740. The number of aromatic nitrogens is 3. The molecule has 0 aliphatic carbocycles. The fourth-order valence-corrected chi connectivity index (χ4v) is 2.15. The Balaban J connectivity index is 1.67. The van der Waals surface area contributed by atoms with E-state index in [1.165, 1.54) is 0 Å². The van der Waals surface area contributed by atoms with Gasteiger partial charge >= 0.3 is 0 Å². The summed E-state index contributed by atoms with van der Waals surface area (Å²) in [7, 11) is 1.92. The summed E-state index contributed by atoms with van der Waals surface area (Å²) in [6.07, 6.45) is 4.09. The van der Waals surface area contributed by atoms with Crippen LogP contribution in [0.3, 0.4) is 0 Å². The van der Waals surface area contributed by atoms with E-state index in [-0.39, 0.29) is 5.91 Å². The number of anilines is 1. The molecule has 2 heterocycles. The second kappa shape index (κ2) is 5.66. The van der Waals surface area contributed by atoms with Crippen LogP contribution in [-0.2, 0) is 18.3 Å². The van der Waals surface area contributed by atoms with Crippen LogP contribution < -0.4 is 5.32 Å². The van der Waals surface area contributed by atoms with Gasteiger partial charge in [0.1, 0.15) is 0 Å². The Morgan fingerprint density at radius 2 is 1.90 bits per heavy atom. The molecule has 0 aliphatic rings. The van der Waals surface area contributed by atoms with Gasteiger partial charge in [-0.05, 0) is 24.3 Å². The van der Waals surface area contributed by atoms with Crippen LogP contribution >= 0.6 is 0 Å². The summed E-state index contributed by atoms with van der Waals surface area (Å²) in [5.41, 5.74) is 1.93. The summed E-state index contributed by atoms with van der Waals surface area (Å²) in [4.78, 5) is 12.0. The zero-order valence-electron chi connectivity index (χ0n) is 11.7. The molecule has 0 saturated carbocycles. The fourth-order valence-electron chi connectivity index (χ4n) is 2.15. The molecule has 5 heteroatoms. The highest BCUT2D eigenvalue weighted by atomic mass is 16.1. The van der Waals surface area contributed by atoms with Gasteiger partial charge in [0.25, 0.3) is 0 Å². The van der Waals surface area contributed by atoms with E-state index < -0.39 is 0 Å². The van der Waals surface area contributed by atoms with E-state index in [2.05, 4.69) is 10.4 Å².